The topological polar surface area (TPSA) is 221 Å². The van der Waals surface area contributed by atoms with Crippen LogP contribution >= 0.6 is 23.2 Å². The number of nitrogens with two attached hydrogens (primary N) is 1. The van der Waals surface area contributed by atoms with E-state index in [9.17, 15) is 28.3 Å². The van der Waals surface area contributed by atoms with Gasteiger partial charge in [0.15, 0.2) is 0 Å². The Labute approximate surface area is 158 Å². The Morgan fingerprint density at radius 1 is 1.32 bits per heavy atom. The summed E-state index contributed by atoms with van der Waals surface area (Å²) in [6.07, 6.45) is 0.696. The Morgan fingerprint density at radius 2 is 1.96 bits per heavy atom. The first kappa shape index (κ1) is 23.4. The van der Waals surface area contributed by atoms with E-state index in [1.54, 1.807) is 6.92 Å². The molecule has 160 valence electrons. The molecule has 4 unspecified atom stereocenters. The molecule has 28 heavy (non-hydrogen) atoms. The molecule has 0 spiro atoms. The van der Waals surface area contributed by atoms with Gasteiger partial charge in [-0.05, 0) is 32.3 Å². The molecule has 17 heteroatoms. The first-order valence-corrected chi connectivity index (χ1v) is 12.5. The molecule has 6 N–H and O–H groups in total. The van der Waals surface area contributed by atoms with Gasteiger partial charge in [-0.15, -0.1) is 0 Å². The highest BCUT2D eigenvalue weighted by Gasteiger charge is 2.43. The number of nitrogen functional groups attached to an aromatic ring is 1. The zero-order valence-corrected chi connectivity index (χ0v) is 17.2. The van der Waals surface area contributed by atoms with Crippen LogP contribution < -0.4 is 11.4 Å². The smallest absolute Gasteiger partial charge is 0.383 e. The number of rotatable bonds is 8. The molecule has 0 aromatic carbocycles. The van der Waals surface area contributed by atoms with Crippen LogP contribution in [-0.4, -0.2) is 40.9 Å². The number of anilines is 1. The van der Waals surface area contributed by atoms with Gasteiger partial charge in [-0.3, -0.25) is 9.13 Å². The number of hydrogen-bond acceptors (Lipinski definition) is 9. The molecule has 4 atom stereocenters. The van der Waals surface area contributed by atoms with Gasteiger partial charge in [0.2, 0.25) is 0 Å². The van der Waals surface area contributed by atoms with E-state index in [4.69, 9.17) is 20.3 Å². The lowest BCUT2D eigenvalue weighted by atomic mass is 10.00. The molecule has 1 aliphatic rings. The minimum Gasteiger partial charge on any atom is -0.383 e. The van der Waals surface area contributed by atoms with Crippen LogP contribution in [0.3, 0.4) is 0 Å². The molecule has 1 aromatic heterocycles. The maximum absolute atomic E-state index is 12.0. The quantitative estimate of drug-likeness (QED) is 0.335. The van der Waals surface area contributed by atoms with E-state index in [0.717, 1.165) is 0 Å². The number of nitrogens with zero attached hydrogens (tertiary/aromatic N) is 2. The Hall–Kier alpha value is -0.910. The van der Waals surface area contributed by atoms with E-state index in [-0.39, 0.29) is 12.2 Å². The minimum absolute atomic E-state index is 0.0475. The predicted octanol–water partition coefficient (Wildman–Crippen LogP) is 0.695. The van der Waals surface area contributed by atoms with Gasteiger partial charge in [0.1, 0.15) is 12.0 Å². The van der Waals surface area contributed by atoms with Crippen molar-refractivity contribution in [2.45, 2.75) is 38.0 Å². The molecule has 0 radical (unpaired) electrons. The fourth-order valence-corrected chi connectivity index (χ4v) is 6.46. The first-order valence-electron chi connectivity index (χ1n) is 7.75. The molecule has 1 saturated heterocycles. The summed E-state index contributed by atoms with van der Waals surface area (Å²) in [5.74, 6) is 0.0475. The minimum atomic E-state index is -5.47. The third kappa shape index (κ3) is 6.85. The van der Waals surface area contributed by atoms with E-state index in [1.165, 1.54) is 16.8 Å². The summed E-state index contributed by atoms with van der Waals surface area (Å²) >= 11 is 0. The zero-order valence-electron chi connectivity index (χ0n) is 14.5. The number of ether oxygens (including phenoxy) is 1. The van der Waals surface area contributed by atoms with Crippen molar-refractivity contribution in [1.29, 1.82) is 0 Å². The second-order valence-electron chi connectivity index (χ2n) is 6.34. The zero-order chi connectivity index (χ0) is 21.4. The number of aromatic nitrogens is 2. The lowest BCUT2D eigenvalue weighted by Gasteiger charge is -2.26. The maximum Gasteiger partial charge on any atom is 0.488 e. The van der Waals surface area contributed by atoms with Crippen molar-refractivity contribution in [3.63, 3.8) is 0 Å². The van der Waals surface area contributed by atoms with E-state index in [1.807, 2.05) is 0 Å². The number of hydrogen-bond donors (Lipinski definition) is 5. The molecule has 1 fully saturated rings. The van der Waals surface area contributed by atoms with Crippen LogP contribution in [0, 0.1) is 0 Å². The largest absolute Gasteiger partial charge is 0.488 e. The van der Waals surface area contributed by atoms with E-state index in [2.05, 4.69) is 13.6 Å². The summed E-state index contributed by atoms with van der Waals surface area (Å²) in [6, 6.07) is 1.41. The molecule has 0 aliphatic carbocycles. The van der Waals surface area contributed by atoms with Crippen molar-refractivity contribution in [2.24, 2.45) is 0 Å². The van der Waals surface area contributed by atoms with Crippen LogP contribution in [0.4, 0.5) is 5.82 Å². The highest BCUT2D eigenvalue weighted by atomic mass is 31.3. The molecule has 0 bridgehead atoms. The molecule has 14 nitrogen and oxygen atoms in total. The number of phosphoric acid groups is 2. The lowest BCUT2D eigenvalue weighted by molar-refractivity contribution is -0.0645. The van der Waals surface area contributed by atoms with Crippen LogP contribution in [0.15, 0.2) is 17.1 Å². The summed E-state index contributed by atoms with van der Waals surface area (Å²) in [5.41, 5.74) is 3.82. The summed E-state index contributed by atoms with van der Waals surface area (Å²) < 4.78 is 48.5. The highest BCUT2D eigenvalue weighted by Crippen LogP contribution is 2.66. The molecule has 0 saturated carbocycles. The molecule has 2 heterocycles. The fourth-order valence-electron chi connectivity index (χ4n) is 2.63. The summed E-state index contributed by atoms with van der Waals surface area (Å²) in [6.45, 7) is 1.60. The van der Waals surface area contributed by atoms with E-state index >= 15 is 0 Å². The lowest BCUT2D eigenvalue weighted by Crippen LogP contribution is -2.30. The molecular formula is C11H20N3O11P3. The third-order valence-corrected chi connectivity index (χ3v) is 8.18. The monoisotopic (exact) mass is 463 g/mol. The van der Waals surface area contributed by atoms with Gasteiger partial charge in [0, 0.05) is 6.20 Å². The van der Waals surface area contributed by atoms with Crippen molar-refractivity contribution in [2.75, 3.05) is 11.9 Å². The SMILES string of the molecule is CC1(CCP(=O)(O)OP(=O)(O)OP(=O)(O)O)CCC(n2ccc(N)nc2=O)O1. The normalized spacial score (nSPS) is 27.2. The molecule has 1 aliphatic heterocycles. The fraction of sp³-hybridized carbons (Fsp3) is 0.636. The Morgan fingerprint density at radius 3 is 2.54 bits per heavy atom. The van der Waals surface area contributed by atoms with Crippen molar-refractivity contribution in [1.82, 2.24) is 9.55 Å². The summed E-state index contributed by atoms with van der Waals surface area (Å²) in [5, 5.41) is 0. The molecule has 0 amide bonds. The Bertz CT molecular complexity index is 930. The van der Waals surface area contributed by atoms with Gasteiger partial charge in [0.05, 0.1) is 11.8 Å². The van der Waals surface area contributed by atoms with Gasteiger partial charge < -0.3 is 30.0 Å². The van der Waals surface area contributed by atoms with Crippen molar-refractivity contribution in [3.05, 3.63) is 22.7 Å². The van der Waals surface area contributed by atoms with E-state index in [0.29, 0.717) is 12.8 Å². The third-order valence-electron chi connectivity index (χ3n) is 3.87. The average Bonchev–Trinajstić information content (AvgIpc) is 2.84. The van der Waals surface area contributed by atoms with Gasteiger partial charge in [-0.1, -0.05) is 0 Å². The highest BCUT2D eigenvalue weighted by molar-refractivity contribution is 7.68. The Kier molecular flexibility index (Phi) is 6.74. The van der Waals surface area contributed by atoms with Crippen LogP contribution in [0.5, 0.6) is 0 Å². The van der Waals surface area contributed by atoms with Crippen molar-refractivity contribution >= 4 is 29.1 Å². The van der Waals surface area contributed by atoms with Crippen LogP contribution in [0.2, 0.25) is 0 Å². The van der Waals surface area contributed by atoms with Crippen molar-refractivity contribution < 1.29 is 46.6 Å². The van der Waals surface area contributed by atoms with Gasteiger partial charge in [-0.25, -0.2) is 18.2 Å². The first-order chi connectivity index (χ1) is 12.6. The van der Waals surface area contributed by atoms with Gasteiger partial charge >= 0.3 is 28.9 Å². The van der Waals surface area contributed by atoms with Gasteiger partial charge in [0.25, 0.3) is 0 Å². The van der Waals surface area contributed by atoms with Crippen molar-refractivity contribution in [3.8, 4) is 0 Å². The van der Waals surface area contributed by atoms with Crippen LogP contribution in [-0.2, 0) is 27.1 Å². The van der Waals surface area contributed by atoms with Crippen LogP contribution in [0.25, 0.3) is 0 Å². The second kappa shape index (κ2) is 8.08. The summed E-state index contributed by atoms with van der Waals surface area (Å²) in [4.78, 5) is 51.4. The molecule has 2 rings (SSSR count). The average molecular weight is 463 g/mol. The van der Waals surface area contributed by atoms with E-state index < -0.39 is 46.9 Å². The maximum atomic E-state index is 12.0. The second-order valence-corrected chi connectivity index (χ2v) is 11.3. The standard InChI is InChI=1S/C11H20N3O11P3/c1-11(4-2-9(23-11)14-6-3-8(12)13-10(14)15)5-7-26(16,17)24-28(21,22)25-27(18,19)20/h3,6,9H,2,4-5,7H2,1H3,(H,16,17)(H,21,22)(H2,12,13,15)(H2,18,19,20). The molecule has 1 aromatic rings. The Balaban J connectivity index is 2.00. The summed E-state index contributed by atoms with van der Waals surface area (Å²) in [7, 11) is -15.7. The van der Waals surface area contributed by atoms with Gasteiger partial charge in [-0.2, -0.15) is 9.29 Å². The van der Waals surface area contributed by atoms with Crippen LogP contribution in [0.1, 0.15) is 32.4 Å². The predicted molar refractivity (Wildman–Crippen MR) is 94.0 cm³/mol. The molecular weight excluding hydrogens is 443 g/mol.